The molecule has 3 rings (SSSR count). The Labute approximate surface area is 152 Å². The molecule has 0 unspecified atom stereocenters. The maximum Gasteiger partial charge on any atom is 0.259 e. The molecule has 3 aromatic rings. The lowest BCUT2D eigenvalue weighted by molar-refractivity contribution is 0.102. The van der Waals surface area contributed by atoms with E-state index in [1.54, 1.807) is 7.11 Å². The van der Waals surface area contributed by atoms with Gasteiger partial charge in [0, 0.05) is 17.1 Å². The fourth-order valence-corrected chi connectivity index (χ4v) is 2.92. The summed E-state index contributed by atoms with van der Waals surface area (Å²) in [6.07, 6.45) is 1.36. The first-order valence-corrected chi connectivity index (χ1v) is 8.42. The molecule has 0 aliphatic rings. The number of nitrogens with one attached hydrogen (secondary N) is 1. The number of methoxy groups -OCH3 is 1. The van der Waals surface area contributed by atoms with E-state index in [1.165, 1.54) is 23.6 Å². The first kappa shape index (κ1) is 16.7. The number of aromatic nitrogens is 2. The summed E-state index contributed by atoms with van der Waals surface area (Å²) in [6, 6.07) is 8.98. The molecule has 1 N–H and O–H groups in total. The van der Waals surface area contributed by atoms with Crippen LogP contribution in [0, 0.1) is 0 Å². The highest BCUT2D eigenvalue weighted by Crippen LogP contribution is 2.27. The van der Waals surface area contributed by atoms with E-state index in [9.17, 15) is 4.79 Å². The van der Waals surface area contributed by atoms with Gasteiger partial charge in [0.15, 0.2) is 5.13 Å². The Kier molecular flexibility index (Phi) is 4.99. The van der Waals surface area contributed by atoms with Gasteiger partial charge in [-0.05, 0) is 30.3 Å². The Morgan fingerprint density at radius 2 is 2.00 bits per heavy atom. The Bertz CT molecular complexity index is 881. The number of nitrogens with zero attached hydrogens (tertiary/aromatic N) is 2. The van der Waals surface area contributed by atoms with Crippen molar-refractivity contribution in [3.05, 3.63) is 57.6 Å². The summed E-state index contributed by atoms with van der Waals surface area (Å²) in [6.45, 7) is 0. The molecule has 8 heteroatoms. The molecule has 0 saturated heterocycles. The second-order valence-corrected chi connectivity index (χ2v) is 6.34. The number of amides is 1. The van der Waals surface area contributed by atoms with E-state index < -0.39 is 0 Å². The lowest BCUT2D eigenvalue weighted by Crippen LogP contribution is -2.12. The number of halogens is 2. The summed E-state index contributed by atoms with van der Waals surface area (Å²) in [5.74, 6) is 0.423. The largest absolute Gasteiger partial charge is 0.497 e. The van der Waals surface area contributed by atoms with Crippen LogP contribution in [-0.2, 0) is 0 Å². The molecule has 0 atom stereocenters. The molecule has 1 aromatic carbocycles. The van der Waals surface area contributed by atoms with Crippen LogP contribution in [0.5, 0.6) is 5.75 Å². The molecule has 5 nitrogen and oxygen atoms in total. The summed E-state index contributed by atoms with van der Waals surface area (Å²) in [5.41, 5.74) is 2.01. The van der Waals surface area contributed by atoms with Gasteiger partial charge in [-0.3, -0.25) is 10.1 Å². The van der Waals surface area contributed by atoms with E-state index in [1.807, 2.05) is 29.6 Å². The molecule has 0 saturated carbocycles. The summed E-state index contributed by atoms with van der Waals surface area (Å²) in [5, 5.41) is 5.45. The minimum absolute atomic E-state index is 0.157. The van der Waals surface area contributed by atoms with E-state index in [0.717, 1.165) is 17.0 Å². The van der Waals surface area contributed by atoms with Crippen molar-refractivity contribution < 1.29 is 9.53 Å². The molecule has 24 heavy (non-hydrogen) atoms. The fourth-order valence-electron chi connectivity index (χ4n) is 1.94. The van der Waals surface area contributed by atoms with Gasteiger partial charge in [-0.15, -0.1) is 11.3 Å². The van der Waals surface area contributed by atoms with Crippen molar-refractivity contribution in [1.29, 1.82) is 0 Å². The molecule has 0 bridgehead atoms. The number of hydrogen-bond acceptors (Lipinski definition) is 5. The van der Waals surface area contributed by atoms with Crippen LogP contribution in [0.1, 0.15) is 10.4 Å². The molecule has 122 valence electrons. The third-order valence-electron chi connectivity index (χ3n) is 3.17. The van der Waals surface area contributed by atoms with Crippen LogP contribution in [0.25, 0.3) is 11.3 Å². The van der Waals surface area contributed by atoms with Crippen molar-refractivity contribution in [3.63, 3.8) is 0 Å². The van der Waals surface area contributed by atoms with Gasteiger partial charge in [-0.25, -0.2) is 9.97 Å². The highest BCUT2D eigenvalue weighted by atomic mass is 35.5. The molecule has 2 aromatic heterocycles. The number of ether oxygens (including phenoxy) is 1. The van der Waals surface area contributed by atoms with Crippen LogP contribution >= 0.6 is 34.5 Å². The Hall–Kier alpha value is -2.15. The van der Waals surface area contributed by atoms with Crippen molar-refractivity contribution >= 4 is 45.6 Å². The minimum Gasteiger partial charge on any atom is -0.497 e. The van der Waals surface area contributed by atoms with Crippen molar-refractivity contribution in [2.24, 2.45) is 0 Å². The van der Waals surface area contributed by atoms with Gasteiger partial charge in [-0.1, -0.05) is 23.2 Å². The van der Waals surface area contributed by atoms with E-state index in [4.69, 9.17) is 27.9 Å². The van der Waals surface area contributed by atoms with Gasteiger partial charge in [0.2, 0.25) is 0 Å². The smallest absolute Gasteiger partial charge is 0.259 e. The van der Waals surface area contributed by atoms with Crippen LogP contribution in [0.4, 0.5) is 5.13 Å². The predicted molar refractivity (Wildman–Crippen MR) is 96.3 cm³/mol. The SMILES string of the molecule is COc1ccc(-c2csc(NC(=O)c3cnc(Cl)c(Cl)c3)n2)cc1. The molecule has 2 heterocycles. The van der Waals surface area contributed by atoms with Gasteiger partial charge >= 0.3 is 0 Å². The van der Waals surface area contributed by atoms with Gasteiger partial charge in [-0.2, -0.15) is 0 Å². The van der Waals surface area contributed by atoms with E-state index in [-0.39, 0.29) is 16.1 Å². The molecular formula is C16H11Cl2N3O2S. The van der Waals surface area contributed by atoms with Gasteiger partial charge in [0.05, 0.1) is 23.4 Å². The zero-order valence-corrected chi connectivity index (χ0v) is 14.7. The highest BCUT2D eigenvalue weighted by molar-refractivity contribution is 7.14. The van der Waals surface area contributed by atoms with E-state index in [0.29, 0.717) is 10.7 Å². The standard InChI is InChI=1S/C16H11Cl2N3O2S/c1-23-11-4-2-9(3-5-11)13-8-24-16(20-13)21-15(22)10-6-12(17)14(18)19-7-10/h2-8H,1H3,(H,20,21,22). The number of carbonyl (C=O) groups excluding carboxylic acids is 1. The Morgan fingerprint density at radius 1 is 1.25 bits per heavy atom. The topological polar surface area (TPSA) is 64.1 Å². The quantitative estimate of drug-likeness (QED) is 0.662. The van der Waals surface area contributed by atoms with Crippen molar-refractivity contribution in [2.45, 2.75) is 0 Å². The predicted octanol–water partition coefficient (Wildman–Crippen LogP) is 4.77. The average Bonchev–Trinajstić information content (AvgIpc) is 3.06. The van der Waals surface area contributed by atoms with Crippen LogP contribution in [0.15, 0.2) is 41.9 Å². The Balaban J connectivity index is 1.75. The third kappa shape index (κ3) is 3.67. The van der Waals surface area contributed by atoms with E-state index >= 15 is 0 Å². The molecule has 0 radical (unpaired) electrons. The van der Waals surface area contributed by atoms with Gasteiger partial charge < -0.3 is 4.74 Å². The van der Waals surface area contributed by atoms with E-state index in [2.05, 4.69) is 15.3 Å². The fraction of sp³-hybridized carbons (Fsp3) is 0.0625. The number of pyridine rings is 1. The summed E-state index contributed by atoms with van der Waals surface area (Å²) < 4.78 is 5.13. The normalized spacial score (nSPS) is 10.5. The first-order valence-electron chi connectivity index (χ1n) is 6.79. The minimum atomic E-state index is -0.350. The average molecular weight is 380 g/mol. The lowest BCUT2D eigenvalue weighted by Gasteiger charge is -2.03. The van der Waals surface area contributed by atoms with Crippen LogP contribution in [0.2, 0.25) is 10.2 Å². The van der Waals surface area contributed by atoms with Crippen LogP contribution in [-0.4, -0.2) is 23.0 Å². The molecular weight excluding hydrogens is 369 g/mol. The molecule has 0 spiro atoms. The molecule has 0 aliphatic heterocycles. The van der Waals surface area contributed by atoms with Gasteiger partial charge in [0.25, 0.3) is 5.91 Å². The van der Waals surface area contributed by atoms with Crippen molar-refractivity contribution in [2.75, 3.05) is 12.4 Å². The molecule has 0 aliphatic carbocycles. The number of anilines is 1. The number of rotatable bonds is 4. The van der Waals surface area contributed by atoms with Crippen LogP contribution in [0.3, 0.4) is 0 Å². The second-order valence-electron chi connectivity index (χ2n) is 4.72. The Morgan fingerprint density at radius 3 is 2.67 bits per heavy atom. The lowest BCUT2D eigenvalue weighted by atomic mass is 10.2. The number of carbonyl (C=O) groups is 1. The van der Waals surface area contributed by atoms with Crippen LogP contribution < -0.4 is 10.1 Å². The first-order chi connectivity index (χ1) is 11.6. The number of benzene rings is 1. The van der Waals surface area contributed by atoms with Gasteiger partial charge in [0.1, 0.15) is 10.9 Å². The van der Waals surface area contributed by atoms with Crippen molar-refractivity contribution in [3.8, 4) is 17.0 Å². The van der Waals surface area contributed by atoms with Crippen molar-refractivity contribution in [1.82, 2.24) is 9.97 Å². The molecule has 1 amide bonds. The summed E-state index contributed by atoms with van der Waals surface area (Å²) in [4.78, 5) is 20.5. The number of hydrogen-bond donors (Lipinski definition) is 1. The highest BCUT2D eigenvalue weighted by Gasteiger charge is 2.12. The number of thiazole rings is 1. The zero-order chi connectivity index (χ0) is 17.1. The molecule has 0 fully saturated rings. The maximum absolute atomic E-state index is 12.2. The summed E-state index contributed by atoms with van der Waals surface area (Å²) >= 11 is 12.9. The monoisotopic (exact) mass is 379 g/mol. The zero-order valence-electron chi connectivity index (χ0n) is 12.4. The third-order valence-corrected chi connectivity index (χ3v) is 4.61. The second kappa shape index (κ2) is 7.17. The summed E-state index contributed by atoms with van der Waals surface area (Å²) in [7, 11) is 1.61. The maximum atomic E-state index is 12.2.